The van der Waals surface area contributed by atoms with Gasteiger partial charge in [-0.1, -0.05) is 36.4 Å². The Balaban J connectivity index is 1.40. The number of likely N-dealkylation sites (tertiary alicyclic amines) is 1. The van der Waals surface area contributed by atoms with Crippen LogP contribution in [0.4, 0.5) is 5.69 Å². The van der Waals surface area contributed by atoms with Crippen molar-refractivity contribution in [1.82, 2.24) is 10.2 Å². The first-order valence-corrected chi connectivity index (χ1v) is 10.4. The van der Waals surface area contributed by atoms with Crippen LogP contribution in [0.2, 0.25) is 0 Å². The van der Waals surface area contributed by atoms with Crippen molar-refractivity contribution in [2.24, 2.45) is 0 Å². The van der Waals surface area contributed by atoms with Crippen LogP contribution >= 0.6 is 15.9 Å². The maximum Gasteiger partial charge on any atom is 0.238 e. The zero-order chi connectivity index (χ0) is 19.9. The van der Waals surface area contributed by atoms with E-state index in [9.17, 15) is 9.59 Å². The van der Waals surface area contributed by atoms with Crippen molar-refractivity contribution in [3.05, 3.63) is 64.1 Å². The summed E-state index contributed by atoms with van der Waals surface area (Å²) in [7, 11) is 0. The molecule has 0 aromatic heterocycles. The molecule has 148 valence electrons. The minimum absolute atomic E-state index is 0.0175. The Kier molecular flexibility index (Phi) is 7.23. The fourth-order valence-electron chi connectivity index (χ4n) is 3.41. The molecule has 5 nitrogen and oxygen atoms in total. The lowest BCUT2D eigenvalue weighted by atomic mass is 10.0. The smallest absolute Gasteiger partial charge is 0.238 e. The molecule has 6 heteroatoms. The van der Waals surface area contributed by atoms with Crippen LogP contribution in [0.3, 0.4) is 0 Å². The van der Waals surface area contributed by atoms with Crippen LogP contribution in [0.15, 0.2) is 53.0 Å². The molecular formula is C22H26BrN3O2. The van der Waals surface area contributed by atoms with E-state index < -0.39 is 0 Å². The third kappa shape index (κ3) is 6.17. The number of hydrogen-bond donors (Lipinski definition) is 2. The van der Waals surface area contributed by atoms with E-state index in [0.717, 1.165) is 47.2 Å². The zero-order valence-electron chi connectivity index (χ0n) is 16.1. The van der Waals surface area contributed by atoms with Gasteiger partial charge in [0.05, 0.1) is 18.7 Å². The van der Waals surface area contributed by atoms with Gasteiger partial charge in [-0.3, -0.25) is 14.5 Å². The summed E-state index contributed by atoms with van der Waals surface area (Å²) in [5.74, 6) is 0.0442. The molecule has 0 bridgehead atoms. The SMILES string of the molecule is Cc1ccc(NC(=O)CN2CCC(NC(=O)Cc3ccccc3)CC2)c(Br)c1. The van der Waals surface area contributed by atoms with E-state index in [4.69, 9.17) is 0 Å². The molecule has 0 saturated carbocycles. The van der Waals surface area contributed by atoms with Crippen molar-refractivity contribution >= 4 is 33.4 Å². The van der Waals surface area contributed by atoms with Crippen LogP contribution in [0.1, 0.15) is 24.0 Å². The van der Waals surface area contributed by atoms with Gasteiger partial charge in [-0.2, -0.15) is 0 Å². The minimum atomic E-state index is -0.0175. The van der Waals surface area contributed by atoms with Gasteiger partial charge in [-0.05, 0) is 59.0 Å². The van der Waals surface area contributed by atoms with Crippen molar-refractivity contribution < 1.29 is 9.59 Å². The molecule has 3 rings (SSSR count). The lowest BCUT2D eigenvalue weighted by Crippen LogP contribution is -2.46. The van der Waals surface area contributed by atoms with Gasteiger partial charge < -0.3 is 10.6 Å². The first kappa shape index (κ1) is 20.6. The maximum atomic E-state index is 12.3. The Bertz CT molecular complexity index is 818. The third-order valence-corrected chi connectivity index (χ3v) is 5.58. The van der Waals surface area contributed by atoms with Crippen molar-refractivity contribution in [2.75, 3.05) is 25.0 Å². The van der Waals surface area contributed by atoms with Crippen LogP contribution in [0.5, 0.6) is 0 Å². The lowest BCUT2D eigenvalue weighted by Gasteiger charge is -2.31. The molecule has 2 aromatic carbocycles. The van der Waals surface area contributed by atoms with Gasteiger partial charge in [0, 0.05) is 23.6 Å². The second-order valence-electron chi connectivity index (χ2n) is 7.31. The first-order chi connectivity index (χ1) is 13.5. The summed E-state index contributed by atoms with van der Waals surface area (Å²) in [6.07, 6.45) is 2.14. The monoisotopic (exact) mass is 443 g/mol. The van der Waals surface area contributed by atoms with Gasteiger partial charge in [0.15, 0.2) is 0 Å². The highest BCUT2D eigenvalue weighted by Crippen LogP contribution is 2.23. The second kappa shape index (κ2) is 9.85. The molecule has 0 aliphatic carbocycles. The maximum absolute atomic E-state index is 12.3. The summed E-state index contributed by atoms with van der Waals surface area (Å²) in [6.45, 7) is 3.99. The number of carbonyl (C=O) groups excluding carboxylic acids is 2. The van der Waals surface area contributed by atoms with Crippen LogP contribution in [-0.4, -0.2) is 42.4 Å². The van der Waals surface area contributed by atoms with Crippen molar-refractivity contribution in [3.8, 4) is 0 Å². The molecule has 28 heavy (non-hydrogen) atoms. The molecule has 0 radical (unpaired) electrons. The number of nitrogens with one attached hydrogen (secondary N) is 2. The molecule has 1 aliphatic rings. The molecule has 1 aliphatic heterocycles. The van der Waals surface area contributed by atoms with E-state index in [-0.39, 0.29) is 17.9 Å². The number of nitrogens with zero attached hydrogens (tertiary/aromatic N) is 1. The van der Waals surface area contributed by atoms with E-state index in [0.29, 0.717) is 13.0 Å². The quantitative estimate of drug-likeness (QED) is 0.717. The topological polar surface area (TPSA) is 61.4 Å². The van der Waals surface area contributed by atoms with E-state index in [1.54, 1.807) is 0 Å². The van der Waals surface area contributed by atoms with Gasteiger partial charge in [0.25, 0.3) is 0 Å². The summed E-state index contributed by atoms with van der Waals surface area (Å²) in [4.78, 5) is 26.7. The van der Waals surface area contributed by atoms with E-state index >= 15 is 0 Å². The number of anilines is 1. The van der Waals surface area contributed by atoms with Crippen LogP contribution in [-0.2, 0) is 16.0 Å². The fourth-order valence-corrected chi connectivity index (χ4v) is 4.00. The largest absolute Gasteiger partial charge is 0.353 e. The number of halogens is 1. The standard InChI is InChI=1S/C22H26BrN3O2/c1-16-7-8-20(19(23)13-16)25-22(28)15-26-11-9-18(10-12-26)24-21(27)14-17-5-3-2-4-6-17/h2-8,13,18H,9-12,14-15H2,1H3,(H,24,27)(H,25,28). The first-order valence-electron chi connectivity index (χ1n) is 9.61. The van der Waals surface area contributed by atoms with Gasteiger partial charge in [0.2, 0.25) is 11.8 Å². The third-order valence-electron chi connectivity index (χ3n) is 4.93. The molecule has 2 amide bonds. The summed E-state index contributed by atoms with van der Waals surface area (Å²) in [5, 5.41) is 6.08. The molecule has 0 atom stereocenters. The van der Waals surface area contributed by atoms with Gasteiger partial charge >= 0.3 is 0 Å². The Labute approximate surface area is 174 Å². The Morgan fingerprint density at radius 3 is 2.46 bits per heavy atom. The highest BCUT2D eigenvalue weighted by Gasteiger charge is 2.22. The van der Waals surface area contributed by atoms with Crippen molar-refractivity contribution in [3.63, 3.8) is 0 Å². The predicted molar refractivity (Wildman–Crippen MR) is 115 cm³/mol. The number of hydrogen-bond acceptors (Lipinski definition) is 3. The molecule has 1 fully saturated rings. The number of aryl methyl sites for hydroxylation is 1. The molecule has 1 saturated heterocycles. The van der Waals surface area contributed by atoms with Gasteiger partial charge in [0.1, 0.15) is 0 Å². The molecule has 1 heterocycles. The van der Waals surface area contributed by atoms with Crippen LogP contribution in [0, 0.1) is 6.92 Å². The van der Waals surface area contributed by atoms with Gasteiger partial charge in [-0.15, -0.1) is 0 Å². The molecule has 2 N–H and O–H groups in total. The zero-order valence-corrected chi connectivity index (χ0v) is 17.7. The highest BCUT2D eigenvalue weighted by atomic mass is 79.9. The second-order valence-corrected chi connectivity index (χ2v) is 8.17. The average Bonchev–Trinajstić information content (AvgIpc) is 2.66. The van der Waals surface area contributed by atoms with Crippen LogP contribution < -0.4 is 10.6 Å². The highest BCUT2D eigenvalue weighted by molar-refractivity contribution is 9.10. The van der Waals surface area contributed by atoms with Crippen molar-refractivity contribution in [2.45, 2.75) is 32.2 Å². The minimum Gasteiger partial charge on any atom is -0.353 e. The number of carbonyl (C=O) groups is 2. The number of rotatable bonds is 6. The molecule has 2 aromatic rings. The van der Waals surface area contributed by atoms with E-state index in [1.165, 1.54) is 0 Å². The molecule has 0 unspecified atom stereocenters. The summed E-state index contributed by atoms with van der Waals surface area (Å²) in [5.41, 5.74) is 2.95. The van der Waals surface area contributed by atoms with Crippen LogP contribution in [0.25, 0.3) is 0 Å². The van der Waals surface area contributed by atoms with Gasteiger partial charge in [-0.25, -0.2) is 0 Å². The predicted octanol–water partition coefficient (Wildman–Crippen LogP) is 3.52. The normalized spacial score (nSPS) is 15.2. The average molecular weight is 444 g/mol. The summed E-state index contributed by atoms with van der Waals surface area (Å²) < 4.78 is 0.890. The molecular weight excluding hydrogens is 418 g/mol. The van der Waals surface area contributed by atoms with E-state index in [1.807, 2.05) is 55.5 Å². The number of piperidine rings is 1. The lowest BCUT2D eigenvalue weighted by molar-refractivity contribution is -0.122. The van der Waals surface area contributed by atoms with Crippen molar-refractivity contribution in [1.29, 1.82) is 0 Å². The Hall–Kier alpha value is -2.18. The van der Waals surface area contributed by atoms with E-state index in [2.05, 4.69) is 31.5 Å². The fraction of sp³-hybridized carbons (Fsp3) is 0.364. The summed E-state index contributed by atoms with van der Waals surface area (Å²) >= 11 is 3.49. The number of benzene rings is 2. The Morgan fingerprint density at radius 1 is 1.07 bits per heavy atom. The Morgan fingerprint density at radius 2 is 1.79 bits per heavy atom. The number of amides is 2. The summed E-state index contributed by atoms with van der Waals surface area (Å²) in [6, 6.07) is 15.8. The molecule has 0 spiro atoms.